The standard InChI is InChI=1S/C11H13NO2/c1-12-13-7-9-6-8-4-2-3-5-10(8)11(9)14-12/h2-5,9,11H,6-7H2,1H3/t9-,11+/m0/s1. The molecule has 0 unspecified atom stereocenters. The number of fused-ring (bicyclic) bond motifs is 3. The third kappa shape index (κ3) is 1.17. The van der Waals surface area contributed by atoms with Crippen molar-refractivity contribution in [1.82, 2.24) is 5.23 Å². The molecule has 0 N–H and O–H groups in total. The highest BCUT2D eigenvalue weighted by molar-refractivity contribution is 5.34. The van der Waals surface area contributed by atoms with E-state index in [1.165, 1.54) is 16.4 Å². The summed E-state index contributed by atoms with van der Waals surface area (Å²) in [6.45, 7) is 0.760. The van der Waals surface area contributed by atoms with Crippen LogP contribution in [0.15, 0.2) is 24.3 Å². The van der Waals surface area contributed by atoms with Gasteiger partial charge in [0.2, 0.25) is 0 Å². The van der Waals surface area contributed by atoms with E-state index in [4.69, 9.17) is 9.68 Å². The Kier molecular flexibility index (Phi) is 1.83. The first-order valence-corrected chi connectivity index (χ1v) is 4.96. The Morgan fingerprint density at radius 2 is 2.21 bits per heavy atom. The lowest BCUT2D eigenvalue weighted by molar-refractivity contribution is -0.415. The molecule has 3 heteroatoms. The summed E-state index contributed by atoms with van der Waals surface area (Å²) in [6.07, 6.45) is 1.28. The van der Waals surface area contributed by atoms with Gasteiger partial charge >= 0.3 is 0 Å². The maximum absolute atomic E-state index is 5.65. The number of hydroxylamine groups is 2. The van der Waals surface area contributed by atoms with Crippen molar-refractivity contribution in [2.24, 2.45) is 5.92 Å². The lowest BCUT2D eigenvalue weighted by Crippen LogP contribution is -2.34. The van der Waals surface area contributed by atoms with Crippen molar-refractivity contribution in [1.29, 1.82) is 0 Å². The van der Waals surface area contributed by atoms with Crippen molar-refractivity contribution < 1.29 is 9.68 Å². The molecule has 1 heterocycles. The molecule has 0 radical (unpaired) electrons. The second-order valence-electron chi connectivity index (χ2n) is 3.92. The van der Waals surface area contributed by atoms with Gasteiger partial charge in [-0.15, -0.1) is 0 Å². The van der Waals surface area contributed by atoms with Gasteiger partial charge in [-0.1, -0.05) is 29.5 Å². The highest BCUT2D eigenvalue weighted by Crippen LogP contribution is 2.41. The van der Waals surface area contributed by atoms with Gasteiger partial charge in [0, 0.05) is 13.0 Å². The molecule has 1 aliphatic carbocycles. The number of hydrogen-bond acceptors (Lipinski definition) is 3. The molecular weight excluding hydrogens is 178 g/mol. The topological polar surface area (TPSA) is 21.7 Å². The Bertz CT molecular complexity index is 353. The predicted octanol–water partition coefficient (Wildman–Crippen LogP) is 1.71. The largest absolute Gasteiger partial charge is 0.274 e. The molecule has 14 heavy (non-hydrogen) atoms. The van der Waals surface area contributed by atoms with Crippen LogP contribution in [0.25, 0.3) is 0 Å². The number of nitrogens with zero attached hydrogens (tertiary/aromatic N) is 1. The summed E-state index contributed by atoms with van der Waals surface area (Å²) in [7, 11) is 1.80. The molecule has 1 fully saturated rings. The second kappa shape index (κ2) is 3.05. The van der Waals surface area contributed by atoms with E-state index >= 15 is 0 Å². The second-order valence-corrected chi connectivity index (χ2v) is 3.92. The lowest BCUT2D eigenvalue weighted by atomic mass is 10.0. The molecule has 0 aromatic heterocycles. The van der Waals surface area contributed by atoms with Gasteiger partial charge in [-0.05, 0) is 17.5 Å². The van der Waals surface area contributed by atoms with Gasteiger partial charge in [0.05, 0.1) is 6.61 Å². The zero-order chi connectivity index (χ0) is 9.54. The molecule has 0 amide bonds. The van der Waals surface area contributed by atoms with Gasteiger partial charge in [0.1, 0.15) is 6.10 Å². The Hall–Kier alpha value is -0.900. The monoisotopic (exact) mass is 191 g/mol. The first kappa shape index (κ1) is 8.41. The van der Waals surface area contributed by atoms with E-state index in [-0.39, 0.29) is 6.10 Å². The summed E-state index contributed by atoms with van der Waals surface area (Å²) in [5.41, 5.74) is 2.73. The summed E-state index contributed by atoms with van der Waals surface area (Å²) in [4.78, 5) is 11.0. The van der Waals surface area contributed by atoms with Crippen LogP contribution in [0.5, 0.6) is 0 Å². The Labute approximate surface area is 83.1 Å². The van der Waals surface area contributed by atoms with E-state index < -0.39 is 0 Å². The average molecular weight is 191 g/mol. The van der Waals surface area contributed by atoms with Crippen LogP contribution in [-0.2, 0) is 16.1 Å². The van der Waals surface area contributed by atoms with Gasteiger partial charge in [-0.2, -0.15) is 0 Å². The molecule has 0 spiro atoms. The van der Waals surface area contributed by atoms with Crippen LogP contribution < -0.4 is 0 Å². The number of rotatable bonds is 0. The smallest absolute Gasteiger partial charge is 0.113 e. The lowest BCUT2D eigenvalue weighted by Gasteiger charge is -2.31. The van der Waals surface area contributed by atoms with Crippen molar-refractivity contribution in [3.63, 3.8) is 0 Å². The minimum atomic E-state index is 0.199. The molecule has 2 aliphatic rings. The van der Waals surface area contributed by atoms with E-state index in [1.54, 1.807) is 7.05 Å². The normalized spacial score (nSPS) is 31.2. The summed E-state index contributed by atoms with van der Waals surface area (Å²) in [5.74, 6) is 0.489. The van der Waals surface area contributed by atoms with Gasteiger partial charge < -0.3 is 0 Å². The maximum Gasteiger partial charge on any atom is 0.113 e. The third-order valence-corrected chi connectivity index (χ3v) is 3.00. The van der Waals surface area contributed by atoms with Crippen LogP contribution in [0.3, 0.4) is 0 Å². The van der Waals surface area contributed by atoms with Gasteiger partial charge in [0.15, 0.2) is 0 Å². The molecule has 3 rings (SSSR count). The number of hydrogen-bond donors (Lipinski definition) is 0. The fraction of sp³-hybridized carbons (Fsp3) is 0.455. The molecule has 1 saturated heterocycles. The molecule has 0 saturated carbocycles. The van der Waals surface area contributed by atoms with Crippen molar-refractivity contribution in [2.45, 2.75) is 12.5 Å². The van der Waals surface area contributed by atoms with E-state index in [0.717, 1.165) is 13.0 Å². The van der Waals surface area contributed by atoms with Crippen LogP contribution in [0.1, 0.15) is 17.2 Å². The first-order valence-electron chi connectivity index (χ1n) is 4.96. The SMILES string of the molecule is CN1OC[C@@H]2Cc3ccccc3[C@@H]2O1. The van der Waals surface area contributed by atoms with E-state index in [9.17, 15) is 0 Å². The van der Waals surface area contributed by atoms with Crippen LogP contribution in [0.4, 0.5) is 0 Å². The Morgan fingerprint density at radius 3 is 3.14 bits per heavy atom. The van der Waals surface area contributed by atoms with Gasteiger partial charge in [-0.3, -0.25) is 9.68 Å². The molecule has 2 atom stereocenters. The third-order valence-electron chi connectivity index (χ3n) is 3.00. The van der Waals surface area contributed by atoms with Crippen molar-refractivity contribution >= 4 is 0 Å². The maximum atomic E-state index is 5.65. The predicted molar refractivity (Wildman–Crippen MR) is 51.2 cm³/mol. The highest BCUT2D eigenvalue weighted by atomic mass is 17.0. The van der Waals surface area contributed by atoms with Crippen LogP contribution >= 0.6 is 0 Å². The summed E-state index contributed by atoms with van der Waals surface area (Å²) >= 11 is 0. The zero-order valence-corrected chi connectivity index (χ0v) is 8.14. The Balaban J connectivity index is 1.97. The summed E-state index contributed by atoms with van der Waals surface area (Å²) in [5, 5.41) is 1.48. The minimum absolute atomic E-state index is 0.199. The van der Waals surface area contributed by atoms with Crippen LogP contribution in [-0.4, -0.2) is 18.9 Å². The molecule has 1 aromatic rings. The van der Waals surface area contributed by atoms with E-state index in [0.29, 0.717) is 5.92 Å². The van der Waals surface area contributed by atoms with Crippen molar-refractivity contribution in [3.8, 4) is 0 Å². The molecule has 3 nitrogen and oxygen atoms in total. The molecule has 0 bridgehead atoms. The van der Waals surface area contributed by atoms with Crippen molar-refractivity contribution in [2.75, 3.05) is 13.7 Å². The first-order chi connectivity index (χ1) is 6.84. The van der Waals surface area contributed by atoms with Gasteiger partial charge in [0.25, 0.3) is 0 Å². The molecule has 74 valence electrons. The fourth-order valence-corrected chi connectivity index (χ4v) is 2.32. The molecule has 1 aromatic carbocycles. The van der Waals surface area contributed by atoms with Crippen LogP contribution in [0, 0.1) is 5.92 Å². The Morgan fingerprint density at radius 1 is 1.36 bits per heavy atom. The number of benzene rings is 1. The molecule has 1 aliphatic heterocycles. The highest BCUT2D eigenvalue weighted by Gasteiger charge is 2.37. The minimum Gasteiger partial charge on any atom is -0.274 e. The molecular formula is C11H13NO2. The fourth-order valence-electron chi connectivity index (χ4n) is 2.32. The summed E-state index contributed by atoms with van der Waals surface area (Å²) in [6, 6.07) is 8.48. The van der Waals surface area contributed by atoms with Crippen LogP contribution in [0.2, 0.25) is 0 Å². The summed E-state index contributed by atoms with van der Waals surface area (Å²) < 4.78 is 0. The van der Waals surface area contributed by atoms with E-state index in [2.05, 4.69) is 24.3 Å². The average Bonchev–Trinajstić information content (AvgIpc) is 2.56. The quantitative estimate of drug-likeness (QED) is 0.623. The van der Waals surface area contributed by atoms with Crippen molar-refractivity contribution in [3.05, 3.63) is 35.4 Å². The zero-order valence-electron chi connectivity index (χ0n) is 8.14. The van der Waals surface area contributed by atoms with Gasteiger partial charge in [-0.25, -0.2) is 0 Å². The van der Waals surface area contributed by atoms with E-state index in [1.807, 2.05) is 0 Å².